The summed E-state index contributed by atoms with van der Waals surface area (Å²) >= 11 is 0. The first kappa shape index (κ1) is 16.8. The SMILES string of the molecule is Cc1cccc(OCC(=O)Nc2ccc3c4c(cccc24)C(=O)NC3=O)c1. The van der Waals surface area contributed by atoms with E-state index >= 15 is 0 Å². The van der Waals surface area contributed by atoms with E-state index in [-0.39, 0.29) is 12.5 Å². The molecule has 1 aliphatic rings. The maximum atomic E-state index is 12.3. The Balaban J connectivity index is 1.60. The molecule has 3 amide bonds. The summed E-state index contributed by atoms with van der Waals surface area (Å²) in [6.45, 7) is 1.80. The van der Waals surface area contributed by atoms with Crippen LogP contribution in [0.4, 0.5) is 5.69 Å². The van der Waals surface area contributed by atoms with Crippen LogP contribution in [0.15, 0.2) is 54.6 Å². The van der Waals surface area contributed by atoms with Crippen LogP contribution >= 0.6 is 0 Å². The Morgan fingerprint density at radius 2 is 1.74 bits per heavy atom. The number of carbonyl (C=O) groups excluding carboxylic acids is 3. The van der Waals surface area contributed by atoms with Crippen molar-refractivity contribution in [3.8, 4) is 5.75 Å². The van der Waals surface area contributed by atoms with Crippen molar-refractivity contribution < 1.29 is 19.1 Å². The molecule has 27 heavy (non-hydrogen) atoms. The number of nitrogens with one attached hydrogen (secondary N) is 2. The zero-order valence-electron chi connectivity index (χ0n) is 14.5. The van der Waals surface area contributed by atoms with Gasteiger partial charge in [0, 0.05) is 27.6 Å². The molecule has 1 heterocycles. The fraction of sp³-hybridized carbons (Fsp3) is 0.0952. The van der Waals surface area contributed by atoms with Crippen LogP contribution in [0.25, 0.3) is 10.8 Å². The van der Waals surface area contributed by atoms with Crippen molar-refractivity contribution in [3.63, 3.8) is 0 Å². The Morgan fingerprint density at radius 1 is 1.00 bits per heavy atom. The van der Waals surface area contributed by atoms with Crippen molar-refractivity contribution in [2.75, 3.05) is 11.9 Å². The summed E-state index contributed by atoms with van der Waals surface area (Å²) in [6.07, 6.45) is 0. The summed E-state index contributed by atoms with van der Waals surface area (Å²) in [5.41, 5.74) is 2.39. The molecule has 4 rings (SSSR count). The number of imide groups is 1. The molecule has 0 aromatic heterocycles. The summed E-state index contributed by atoms with van der Waals surface area (Å²) in [5, 5.41) is 6.29. The molecule has 0 unspecified atom stereocenters. The third-order valence-corrected chi connectivity index (χ3v) is 4.39. The summed E-state index contributed by atoms with van der Waals surface area (Å²) < 4.78 is 5.52. The minimum atomic E-state index is -0.440. The van der Waals surface area contributed by atoms with E-state index in [0.29, 0.717) is 33.3 Å². The van der Waals surface area contributed by atoms with Crippen LogP contribution in [-0.4, -0.2) is 24.3 Å². The van der Waals surface area contributed by atoms with Gasteiger partial charge >= 0.3 is 0 Å². The third kappa shape index (κ3) is 3.13. The minimum Gasteiger partial charge on any atom is -0.484 e. The normalized spacial score (nSPS) is 12.6. The van der Waals surface area contributed by atoms with E-state index in [1.165, 1.54) is 0 Å². The third-order valence-electron chi connectivity index (χ3n) is 4.39. The van der Waals surface area contributed by atoms with Gasteiger partial charge in [-0.15, -0.1) is 0 Å². The number of hydrogen-bond donors (Lipinski definition) is 2. The fourth-order valence-electron chi connectivity index (χ4n) is 3.17. The molecule has 0 saturated carbocycles. The smallest absolute Gasteiger partial charge is 0.262 e. The monoisotopic (exact) mass is 360 g/mol. The number of carbonyl (C=O) groups is 3. The van der Waals surface area contributed by atoms with Crippen molar-refractivity contribution in [3.05, 3.63) is 71.3 Å². The van der Waals surface area contributed by atoms with Crippen molar-refractivity contribution in [2.45, 2.75) is 6.92 Å². The Morgan fingerprint density at radius 3 is 2.52 bits per heavy atom. The van der Waals surface area contributed by atoms with Gasteiger partial charge in [-0.1, -0.05) is 24.3 Å². The van der Waals surface area contributed by atoms with E-state index in [0.717, 1.165) is 5.56 Å². The molecule has 0 radical (unpaired) electrons. The number of rotatable bonds is 4. The lowest BCUT2D eigenvalue weighted by Gasteiger charge is -2.18. The van der Waals surface area contributed by atoms with Crippen LogP contribution in [0.3, 0.4) is 0 Å². The minimum absolute atomic E-state index is 0.147. The van der Waals surface area contributed by atoms with Gasteiger partial charge in [0.15, 0.2) is 6.61 Å². The van der Waals surface area contributed by atoms with Crippen LogP contribution < -0.4 is 15.4 Å². The van der Waals surface area contributed by atoms with E-state index < -0.39 is 11.8 Å². The predicted molar refractivity (Wildman–Crippen MR) is 101 cm³/mol. The first-order valence-electron chi connectivity index (χ1n) is 8.43. The molecule has 2 N–H and O–H groups in total. The summed E-state index contributed by atoms with van der Waals surface area (Å²) in [7, 11) is 0. The topological polar surface area (TPSA) is 84.5 Å². The van der Waals surface area contributed by atoms with E-state index in [1.807, 2.05) is 25.1 Å². The molecule has 1 aliphatic heterocycles. The molecular weight excluding hydrogens is 344 g/mol. The summed E-state index contributed by atoms with van der Waals surface area (Å²) in [6, 6.07) is 15.8. The number of amides is 3. The highest BCUT2D eigenvalue weighted by Crippen LogP contribution is 2.31. The number of benzene rings is 3. The van der Waals surface area contributed by atoms with E-state index in [2.05, 4.69) is 10.6 Å². The highest BCUT2D eigenvalue weighted by molar-refractivity contribution is 6.27. The Hall–Kier alpha value is -3.67. The second-order valence-electron chi connectivity index (χ2n) is 6.33. The first-order valence-corrected chi connectivity index (χ1v) is 8.43. The molecular formula is C21H16N2O4. The van der Waals surface area contributed by atoms with Gasteiger partial charge in [-0.3, -0.25) is 19.7 Å². The van der Waals surface area contributed by atoms with Crippen molar-refractivity contribution >= 4 is 34.2 Å². The molecule has 0 bridgehead atoms. The lowest BCUT2D eigenvalue weighted by molar-refractivity contribution is -0.118. The molecule has 6 nitrogen and oxygen atoms in total. The van der Waals surface area contributed by atoms with Crippen LogP contribution in [-0.2, 0) is 4.79 Å². The van der Waals surface area contributed by atoms with Crippen LogP contribution in [0.1, 0.15) is 26.3 Å². The maximum absolute atomic E-state index is 12.3. The van der Waals surface area contributed by atoms with Gasteiger partial charge in [0.05, 0.1) is 0 Å². The molecule has 0 saturated heterocycles. The molecule has 0 fully saturated rings. The molecule has 134 valence electrons. The van der Waals surface area contributed by atoms with Gasteiger partial charge in [-0.05, 0) is 42.8 Å². The van der Waals surface area contributed by atoms with Crippen molar-refractivity contribution in [1.82, 2.24) is 5.32 Å². The molecule has 3 aromatic rings. The molecule has 3 aromatic carbocycles. The molecule has 0 aliphatic carbocycles. The van der Waals surface area contributed by atoms with Crippen molar-refractivity contribution in [2.24, 2.45) is 0 Å². The second-order valence-corrected chi connectivity index (χ2v) is 6.33. The van der Waals surface area contributed by atoms with Gasteiger partial charge < -0.3 is 10.1 Å². The summed E-state index contributed by atoms with van der Waals surface area (Å²) in [4.78, 5) is 36.4. The fourth-order valence-corrected chi connectivity index (χ4v) is 3.17. The van der Waals surface area contributed by atoms with Crippen LogP contribution in [0.5, 0.6) is 5.75 Å². The zero-order valence-corrected chi connectivity index (χ0v) is 14.5. The average Bonchev–Trinajstić information content (AvgIpc) is 2.65. The number of aryl methyl sites for hydroxylation is 1. The predicted octanol–water partition coefficient (Wildman–Crippen LogP) is 3.05. The lowest BCUT2D eigenvalue weighted by atomic mass is 9.94. The summed E-state index contributed by atoms with van der Waals surface area (Å²) in [5.74, 6) is -0.596. The zero-order chi connectivity index (χ0) is 19.0. The van der Waals surface area contributed by atoms with Crippen molar-refractivity contribution in [1.29, 1.82) is 0 Å². The second kappa shape index (κ2) is 6.57. The van der Waals surface area contributed by atoms with Gasteiger partial charge in [-0.2, -0.15) is 0 Å². The van der Waals surface area contributed by atoms with Crippen LogP contribution in [0, 0.1) is 6.92 Å². The van der Waals surface area contributed by atoms with Gasteiger partial charge in [-0.25, -0.2) is 0 Å². The number of anilines is 1. The van der Waals surface area contributed by atoms with E-state index in [9.17, 15) is 14.4 Å². The molecule has 6 heteroatoms. The highest BCUT2D eigenvalue weighted by atomic mass is 16.5. The molecule has 0 atom stereocenters. The molecule has 0 spiro atoms. The van der Waals surface area contributed by atoms with Gasteiger partial charge in [0.1, 0.15) is 5.75 Å². The Kier molecular flexibility index (Phi) is 4.08. The van der Waals surface area contributed by atoms with Gasteiger partial charge in [0.2, 0.25) is 0 Å². The lowest BCUT2D eigenvalue weighted by Crippen LogP contribution is -2.34. The van der Waals surface area contributed by atoms with Crippen LogP contribution in [0.2, 0.25) is 0 Å². The van der Waals surface area contributed by atoms with E-state index in [4.69, 9.17) is 4.74 Å². The number of ether oxygens (including phenoxy) is 1. The average molecular weight is 360 g/mol. The maximum Gasteiger partial charge on any atom is 0.262 e. The standard InChI is InChI=1S/C21H16N2O4/c1-12-4-2-5-13(10-12)27-11-18(24)22-17-9-8-16-19-14(17)6-3-7-15(19)20(25)23-21(16)26/h2-10H,11H2,1H3,(H,22,24)(H,23,25,26). The van der Waals surface area contributed by atoms with E-state index in [1.54, 1.807) is 36.4 Å². The number of hydrogen-bond acceptors (Lipinski definition) is 4. The largest absolute Gasteiger partial charge is 0.484 e. The first-order chi connectivity index (χ1) is 13.0. The Bertz CT molecular complexity index is 1080. The Labute approximate surface area is 155 Å². The van der Waals surface area contributed by atoms with Gasteiger partial charge in [0.25, 0.3) is 17.7 Å². The highest BCUT2D eigenvalue weighted by Gasteiger charge is 2.25. The quantitative estimate of drug-likeness (QED) is 0.701.